The summed E-state index contributed by atoms with van der Waals surface area (Å²) < 4.78 is 0. The van der Waals surface area contributed by atoms with E-state index in [9.17, 15) is 10.1 Å². The molecule has 4 rings (SSSR count). The molecule has 0 saturated carbocycles. The van der Waals surface area contributed by atoms with E-state index in [0.29, 0.717) is 23.8 Å². The lowest BCUT2D eigenvalue weighted by Crippen LogP contribution is -2.47. The SMILES string of the molecule is O=[N+]([O-])c1ccccc1N1CCN(c2ncnc3cc(Cl)ccc23)CC1. The Morgan fingerprint density at radius 2 is 1.73 bits per heavy atom. The van der Waals surface area contributed by atoms with Crippen LogP contribution in [0.3, 0.4) is 0 Å². The Bertz CT molecular complexity index is 973. The number of nitrogens with zero attached hydrogens (tertiary/aromatic N) is 5. The number of para-hydroxylation sites is 2. The quantitative estimate of drug-likeness (QED) is 0.519. The van der Waals surface area contributed by atoms with Crippen LogP contribution in [0.25, 0.3) is 10.9 Å². The second-order valence-corrected chi connectivity index (χ2v) is 6.52. The van der Waals surface area contributed by atoms with Gasteiger partial charge in [0, 0.05) is 42.7 Å². The minimum Gasteiger partial charge on any atom is -0.362 e. The molecular formula is C18H16ClN5O2. The Labute approximate surface area is 155 Å². The Morgan fingerprint density at radius 1 is 1.00 bits per heavy atom. The molecule has 1 saturated heterocycles. The fraction of sp³-hybridized carbons (Fsp3) is 0.222. The standard InChI is InChI=1S/C18H16ClN5O2/c19-13-5-6-14-15(11-13)20-12-21-18(14)23-9-7-22(8-10-23)16-3-1-2-4-17(16)24(25)26/h1-6,11-12H,7-10H2. The van der Waals surface area contributed by atoms with Gasteiger partial charge in [0.05, 0.1) is 10.4 Å². The second-order valence-electron chi connectivity index (χ2n) is 6.08. The van der Waals surface area contributed by atoms with Gasteiger partial charge in [-0.15, -0.1) is 0 Å². The van der Waals surface area contributed by atoms with Crippen molar-refractivity contribution in [2.75, 3.05) is 36.0 Å². The minimum absolute atomic E-state index is 0.142. The van der Waals surface area contributed by atoms with Crippen LogP contribution < -0.4 is 9.80 Å². The molecule has 0 N–H and O–H groups in total. The van der Waals surface area contributed by atoms with Crippen LogP contribution in [-0.4, -0.2) is 41.1 Å². The van der Waals surface area contributed by atoms with Crippen molar-refractivity contribution in [3.63, 3.8) is 0 Å². The first-order valence-corrected chi connectivity index (χ1v) is 8.65. The molecule has 1 aliphatic rings. The molecule has 3 aromatic rings. The fourth-order valence-corrected chi connectivity index (χ4v) is 3.48. The van der Waals surface area contributed by atoms with Gasteiger partial charge in [0.25, 0.3) is 5.69 Å². The largest absolute Gasteiger partial charge is 0.362 e. The number of hydrogen-bond donors (Lipinski definition) is 0. The van der Waals surface area contributed by atoms with Crippen LogP contribution in [0.1, 0.15) is 0 Å². The van der Waals surface area contributed by atoms with Crippen LogP contribution in [0.2, 0.25) is 5.02 Å². The highest BCUT2D eigenvalue weighted by molar-refractivity contribution is 6.31. The van der Waals surface area contributed by atoms with Crippen LogP contribution in [0, 0.1) is 10.1 Å². The van der Waals surface area contributed by atoms with Crippen molar-refractivity contribution in [3.8, 4) is 0 Å². The van der Waals surface area contributed by atoms with Crippen molar-refractivity contribution in [2.45, 2.75) is 0 Å². The van der Waals surface area contributed by atoms with Gasteiger partial charge in [-0.2, -0.15) is 0 Å². The van der Waals surface area contributed by atoms with E-state index in [0.717, 1.165) is 29.8 Å². The highest BCUT2D eigenvalue weighted by Gasteiger charge is 2.24. The zero-order chi connectivity index (χ0) is 18.1. The molecule has 8 heteroatoms. The number of nitro groups is 1. The lowest BCUT2D eigenvalue weighted by Gasteiger charge is -2.36. The van der Waals surface area contributed by atoms with E-state index < -0.39 is 0 Å². The zero-order valence-corrected chi connectivity index (χ0v) is 14.6. The third kappa shape index (κ3) is 3.01. The average Bonchev–Trinajstić information content (AvgIpc) is 2.67. The maximum Gasteiger partial charge on any atom is 0.292 e. The van der Waals surface area contributed by atoms with Crippen molar-refractivity contribution < 1.29 is 4.92 Å². The number of hydrogen-bond acceptors (Lipinski definition) is 6. The van der Waals surface area contributed by atoms with E-state index in [1.807, 2.05) is 24.3 Å². The smallest absolute Gasteiger partial charge is 0.292 e. The number of fused-ring (bicyclic) bond motifs is 1. The van der Waals surface area contributed by atoms with Gasteiger partial charge in [-0.3, -0.25) is 10.1 Å². The summed E-state index contributed by atoms with van der Waals surface area (Å²) in [4.78, 5) is 23.9. The van der Waals surface area contributed by atoms with Crippen molar-refractivity contribution in [2.24, 2.45) is 0 Å². The Balaban J connectivity index is 1.57. The summed E-state index contributed by atoms with van der Waals surface area (Å²) in [6, 6.07) is 12.5. The van der Waals surface area contributed by atoms with Gasteiger partial charge in [0.15, 0.2) is 0 Å². The molecular weight excluding hydrogens is 354 g/mol. The Hall–Kier alpha value is -2.93. The van der Waals surface area contributed by atoms with Gasteiger partial charge < -0.3 is 9.80 Å². The third-order valence-corrected chi connectivity index (χ3v) is 4.81. The highest BCUT2D eigenvalue weighted by atomic mass is 35.5. The van der Waals surface area contributed by atoms with Crippen LogP contribution in [0.15, 0.2) is 48.8 Å². The molecule has 0 aliphatic carbocycles. The molecule has 0 radical (unpaired) electrons. The number of anilines is 2. The third-order valence-electron chi connectivity index (χ3n) is 4.58. The molecule has 2 heterocycles. The summed E-state index contributed by atoms with van der Waals surface area (Å²) in [6.45, 7) is 2.81. The lowest BCUT2D eigenvalue weighted by atomic mass is 10.2. The van der Waals surface area contributed by atoms with E-state index in [1.54, 1.807) is 24.5 Å². The molecule has 26 heavy (non-hydrogen) atoms. The molecule has 0 bridgehead atoms. The van der Waals surface area contributed by atoms with E-state index in [-0.39, 0.29) is 10.6 Å². The number of rotatable bonds is 3. The molecule has 0 unspecified atom stereocenters. The van der Waals surface area contributed by atoms with Gasteiger partial charge in [-0.25, -0.2) is 9.97 Å². The summed E-state index contributed by atoms with van der Waals surface area (Å²) >= 11 is 6.05. The number of aromatic nitrogens is 2. The predicted octanol–water partition coefficient (Wildman–Crippen LogP) is 3.52. The summed E-state index contributed by atoms with van der Waals surface area (Å²) in [5.74, 6) is 0.869. The maximum absolute atomic E-state index is 11.3. The van der Waals surface area contributed by atoms with Crippen LogP contribution in [-0.2, 0) is 0 Å². The van der Waals surface area contributed by atoms with E-state index >= 15 is 0 Å². The van der Waals surface area contributed by atoms with Crippen LogP contribution in [0.4, 0.5) is 17.2 Å². The van der Waals surface area contributed by atoms with Crippen molar-refractivity contribution in [1.29, 1.82) is 0 Å². The van der Waals surface area contributed by atoms with Gasteiger partial charge in [-0.05, 0) is 24.3 Å². The first-order valence-electron chi connectivity index (χ1n) is 8.27. The molecule has 132 valence electrons. The number of nitro benzene ring substituents is 1. The minimum atomic E-state index is -0.330. The van der Waals surface area contributed by atoms with Crippen molar-refractivity contribution in [3.05, 3.63) is 63.9 Å². The van der Waals surface area contributed by atoms with E-state index in [2.05, 4.69) is 19.8 Å². The summed E-state index contributed by atoms with van der Waals surface area (Å²) in [5.41, 5.74) is 1.61. The summed E-state index contributed by atoms with van der Waals surface area (Å²) in [5, 5.41) is 12.9. The first kappa shape index (κ1) is 16.5. The van der Waals surface area contributed by atoms with Crippen molar-refractivity contribution in [1.82, 2.24) is 9.97 Å². The molecule has 1 fully saturated rings. The second kappa shape index (κ2) is 6.76. The van der Waals surface area contributed by atoms with Crippen LogP contribution in [0.5, 0.6) is 0 Å². The van der Waals surface area contributed by atoms with E-state index in [1.165, 1.54) is 0 Å². The predicted molar refractivity (Wildman–Crippen MR) is 102 cm³/mol. The molecule has 1 aliphatic heterocycles. The normalized spacial score (nSPS) is 14.7. The highest BCUT2D eigenvalue weighted by Crippen LogP contribution is 2.30. The van der Waals surface area contributed by atoms with Gasteiger partial charge in [0.2, 0.25) is 0 Å². The topological polar surface area (TPSA) is 75.4 Å². The number of halogens is 1. The lowest BCUT2D eigenvalue weighted by molar-refractivity contribution is -0.384. The molecule has 2 aromatic carbocycles. The van der Waals surface area contributed by atoms with Crippen LogP contribution >= 0.6 is 11.6 Å². The summed E-state index contributed by atoms with van der Waals surface area (Å²) in [6.07, 6.45) is 1.54. The molecule has 7 nitrogen and oxygen atoms in total. The fourth-order valence-electron chi connectivity index (χ4n) is 3.31. The Morgan fingerprint density at radius 3 is 2.50 bits per heavy atom. The summed E-state index contributed by atoms with van der Waals surface area (Å²) in [7, 11) is 0. The van der Waals surface area contributed by atoms with Gasteiger partial charge in [0.1, 0.15) is 17.8 Å². The number of piperazine rings is 1. The first-order chi connectivity index (χ1) is 12.6. The van der Waals surface area contributed by atoms with Gasteiger partial charge in [-0.1, -0.05) is 23.7 Å². The molecule has 0 atom stereocenters. The molecule has 0 amide bonds. The zero-order valence-electron chi connectivity index (χ0n) is 13.9. The monoisotopic (exact) mass is 369 g/mol. The maximum atomic E-state index is 11.3. The van der Waals surface area contributed by atoms with Gasteiger partial charge >= 0.3 is 0 Å². The number of benzene rings is 2. The van der Waals surface area contributed by atoms with Crippen molar-refractivity contribution >= 4 is 39.7 Å². The molecule has 0 spiro atoms. The van der Waals surface area contributed by atoms with E-state index in [4.69, 9.17) is 11.6 Å². The molecule has 1 aromatic heterocycles. The average molecular weight is 370 g/mol. The Kier molecular flexibility index (Phi) is 4.30.